The van der Waals surface area contributed by atoms with Gasteiger partial charge in [0.25, 0.3) is 0 Å². The van der Waals surface area contributed by atoms with Crippen LogP contribution in [0.4, 0.5) is 0 Å². The van der Waals surface area contributed by atoms with Crippen LogP contribution in [-0.2, 0) is 24.2 Å². The summed E-state index contributed by atoms with van der Waals surface area (Å²) in [4.78, 5) is 14.8. The Balaban J connectivity index is 1.27. The zero-order chi connectivity index (χ0) is 18.6. The first kappa shape index (κ1) is 18.0. The third-order valence-electron chi connectivity index (χ3n) is 5.70. The quantitative estimate of drug-likeness (QED) is 0.724. The Labute approximate surface area is 160 Å². The highest BCUT2D eigenvalue weighted by molar-refractivity contribution is 5.89. The van der Waals surface area contributed by atoms with Gasteiger partial charge in [0.1, 0.15) is 45.0 Å². The molecule has 142 valence electrons. The van der Waals surface area contributed by atoms with Gasteiger partial charge in [0.05, 0.1) is 19.3 Å². The van der Waals surface area contributed by atoms with Gasteiger partial charge in [-0.1, -0.05) is 12.1 Å². The van der Waals surface area contributed by atoms with Gasteiger partial charge in [-0.3, -0.25) is 0 Å². The molecule has 0 radical (unpaired) electrons. The minimum absolute atomic E-state index is 0.274. The van der Waals surface area contributed by atoms with Gasteiger partial charge >= 0.3 is 5.97 Å². The predicted octanol–water partition coefficient (Wildman–Crippen LogP) is -0.108. The van der Waals surface area contributed by atoms with Gasteiger partial charge in [0.15, 0.2) is 0 Å². The van der Waals surface area contributed by atoms with E-state index in [2.05, 4.69) is 18.2 Å². The first-order valence-electron chi connectivity index (χ1n) is 9.80. The van der Waals surface area contributed by atoms with Crippen LogP contribution in [0.1, 0.15) is 27.0 Å². The van der Waals surface area contributed by atoms with Crippen LogP contribution < -0.4 is 14.5 Å². The van der Waals surface area contributed by atoms with Crippen molar-refractivity contribution < 1.29 is 24.1 Å². The zero-order valence-corrected chi connectivity index (χ0v) is 15.9. The number of ether oxygens (including phenoxy) is 2. The number of hydrogen-bond acceptors (Lipinski definition) is 3. The van der Waals surface area contributed by atoms with E-state index < -0.39 is 0 Å². The second-order valence-electron chi connectivity index (χ2n) is 7.58. The summed E-state index contributed by atoms with van der Waals surface area (Å²) in [7, 11) is 1.42. The number of fused-ring (bicyclic) bond motifs is 1. The van der Waals surface area contributed by atoms with Crippen molar-refractivity contribution in [2.75, 3.05) is 39.9 Å². The van der Waals surface area contributed by atoms with Crippen LogP contribution in [0.25, 0.3) is 0 Å². The molecule has 2 heterocycles. The number of methoxy groups -OCH3 is 1. The summed E-state index contributed by atoms with van der Waals surface area (Å²) < 4.78 is 10.4. The molecule has 0 bridgehead atoms. The Morgan fingerprint density at radius 2 is 1.59 bits per heavy atom. The average molecular weight is 368 g/mol. The number of quaternary nitrogens is 2. The normalized spacial score (nSPS) is 21.4. The SMILES string of the molecule is COC(=O)c1ccc(C[NH+]2CC[NH+](Cc3ccc4c(c3)CCO4)CC2)cc1. The summed E-state index contributed by atoms with van der Waals surface area (Å²) in [6.07, 6.45) is 1.05. The monoisotopic (exact) mass is 368 g/mol. The smallest absolute Gasteiger partial charge is 0.337 e. The fourth-order valence-electron chi connectivity index (χ4n) is 4.11. The second-order valence-corrected chi connectivity index (χ2v) is 7.58. The maximum atomic E-state index is 11.5. The van der Waals surface area contributed by atoms with Gasteiger partial charge in [0, 0.05) is 17.5 Å². The molecule has 2 aromatic carbocycles. The zero-order valence-electron chi connectivity index (χ0n) is 15.9. The lowest BCUT2D eigenvalue weighted by atomic mass is 10.1. The highest BCUT2D eigenvalue weighted by Crippen LogP contribution is 2.25. The average Bonchev–Trinajstić information content (AvgIpc) is 3.17. The van der Waals surface area contributed by atoms with Crippen LogP contribution in [-0.4, -0.2) is 45.9 Å². The van der Waals surface area contributed by atoms with Gasteiger partial charge in [-0.05, 0) is 35.9 Å². The number of carbonyl (C=O) groups is 1. The molecule has 0 saturated carbocycles. The third-order valence-corrected chi connectivity index (χ3v) is 5.70. The maximum absolute atomic E-state index is 11.5. The molecule has 2 aromatic rings. The fraction of sp³-hybridized carbons (Fsp3) is 0.409. The molecule has 4 rings (SSSR count). The van der Waals surface area contributed by atoms with E-state index >= 15 is 0 Å². The Kier molecular flexibility index (Phi) is 5.41. The van der Waals surface area contributed by atoms with Crippen molar-refractivity contribution in [1.82, 2.24) is 0 Å². The van der Waals surface area contributed by atoms with Crippen molar-refractivity contribution in [2.45, 2.75) is 19.5 Å². The first-order chi connectivity index (χ1) is 13.2. The topological polar surface area (TPSA) is 44.4 Å². The van der Waals surface area contributed by atoms with Crippen molar-refractivity contribution in [2.24, 2.45) is 0 Å². The molecule has 27 heavy (non-hydrogen) atoms. The molecule has 2 N–H and O–H groups in total. The van der Waals surface area contributed by atoms with E-state index in [0.717, 1.165) is 31.9 Å². The molecule has 5 heteroatoms. The molecule has 5 nitrogen and oxygen atoms in total. The Morgan fingerprint density at radius 3 is 2.26 bits per heavy atom. The molecule has 2 aliphatic rings. The molecular weight excluding hydrogens is 340 g/mol. The highest BCUT2D eigenvalue weighted by Gasteiger charge is 2.24. The Bertz CT molecular complexity index is 796. The second kappa shape index (κ2) is 8.11. The molecule has 0 aliphatic carbocycles. The van der Waals surface area contributed by atoms with Gasteiger partial charge < -0.3 is 19.3 Å². The minimum Gasteiger partial charge on any atom is -0.493 e. The number of hydrogen-bond donors (Lipinski definition) is 2. The molecule has 0 atom stereocenters. The largest absolute Gasteiger partial charge is 0.493 e. The predicted molar refractivity (Wildman–Crippen MR) is 102 cm³/mol. The van der Waals surface area contributed by atoms with E-state index in [1.54, 1.807) is 9.80 Å². The number of rotatable bonds is 5. The molecular formula is C22H28N2O3+2. The van der Waals surface area contributed by atoms with Crippen LogP contribution in [0.3, 0.4) is 0 Å². The highest BCUT2D eigenvalue weighted by atomic mass is 16.5. The van der Waals surface area contributed by atoms with Crippen molar-refractivity contribution in [3.05, 3.63) is 64.7 Å². The summed E-state index contributed by atoms with van der Waals surface area (Å²) in [5.74, 6) is 0.797. The van der Waals surface area contributed by atoms with E-state index in [-0.39, 0.29) is 5.97 Å². The van der Waals surface area contributed by atoms with E-state index in [9.17, 15) is 4.79 Å². The number of benzene rings is 2. The summed E-state index contributed by atoms with van der Waals surface area (Å²) in [5, 5.41) is 0. The third kappa shape index (κ3) is 4.31. The molecule has 0 amide bonds. The Morgan fingerprint density at radius 1 is 0.963 bits per heavy atom. The maximum Gasteiger partial charge on any atom is 0.337 e. The number of carbonyl (C=O) groups excluding carboxylic acids is 1. The lowest BCUT2D eigenvalue weighted by Crippen LogP contribution is -3.27. The lowest BCUT2D eigenvalue weighted by Gasteiger charge is -2.30. The Hall–Kier alpha value is -2.37. The fourth-order valence-corrected chi connectivity index (χ4v) is 4.11. The molecule has 2 aliphatic heterocycles. The summed E-state index contributed by atoms with van der Waals surface area (Å²) in [5.41, 5.74) is 4.69. The molecule has 0 unspecified atom stereocenters. The van der Waals surface area contributed by atoms with Crippen LogP contribution >= 0.6 is 0 Å². The van der Waals surface area contributed by atoms with Crippen molar-refractivity contribution in [1.29, 1.82) is 0 Å². The van der Waals surface area contributed by atoms with Crippen LogP contribution in [0.5, 0.6) is 5.75 Å². The van der Waals surface area contributed by atoms with Crippen LogP contribution in [0, 0.1) is 0 Å². The van der Waals surface area contributed by atoms with Crippen LogP contribution in [0.2, 0.25) is 0 Å². The summed E-state index contributed by atoms with van der Waals surface area (Å²) >= 11 is 0. The standard InChI is InChI=1S/C22H26N2O3/c1-26-22(25)19-5-2-17(3-6-19)15-23-9-11-24(12-10-23)16-18-4-7-21-20(14-18)8-13-27-21/h2-7,14H,8-13,15-16H2,1H3/p+2. The number of esters is 1. The number of piperazine rings is 1. The first-order valence-corrected chi connectivity index (χ1v) is 9.80. The lowest BCUT2D eigenvalue weighted by molar-refractivity contribution is -1.02. The van der Waals surface area contributed by atoms with E-state index in [4.69, 9.17) is 9.47 Å². The molecule has 1 saturated heterocycles. The van der Waals surface area contributed by atoms with Crippen molar-refractivity contribution in [3.8, 4) is 5.75 Å². The van der Waals surface area contributed by atoms with E-state index in [0.29, 0.717) is 5.56 Å². The van der Waals surface area contributed by atoms with Gasteiger partial charge in [-0.15, -0.1) is 0 Å². The van der Waals surface area contributed by atoms with Gasteiger partial charge in [-0.25, -0.2) is 4.79 Å². The van der Waals surface area contributed by atoms with Crippen molar-refractivity contribution in [3.63, 3.8) is 0 Å². The molecule has 0 aromatic heterocycles. The van der Waals surface area contributed by atoms with E-state index in [1.165, 1.54) is 50.0 Å². The molecule has 1 fully saturated rings. The summed E-state index contributed by atoms with van der Waals surface area (Å²) in [6, 6.07) is 14.5. The molecule has 0 spiro atoms. The van der Waals surface area contributed by atoms with Crippen molar-refractivity contribution >= 4 is 5.97 Å². The minimum atomic E-state index is -0.274. The van der Waals surface area contributed by atoms with Gasteiger partial charge in [-0.2, -0.15) is 0 Å². The van der Waals surface area contributed by atoms with E-state index in [1.807, 2.05) is 24.3 Å². The summed E-state index contributed by atoms with van der Waals surface area (Å²) in [6.45, 7) is 7.71. The number of nitrogens with one attached hydrogen (secondary N) is 2. The van der Waals surface area contributed by atoms with Gasteiger partial charge in [0.2, 0.25) is 0 Å². The van der Waals surface area contributed by atoms with Crippen LogP contribution in [0.15, 0.2) is 42.5 Å².